The maximum absolute atomic E-state index is 11.0. The fourth-order valence-corrected chi connectivity index (χ4v) is 2.12. The molecule has 0 radical (unpaired) electrons. The van der Waals surface area contributed by atoms with Crippen LogP contribution >= 0.6 is 0 Å². The topological polar surface area (TPSA) is 103 Å². The number of nitro groups is 1. The number of non-ortho nitro benzene ring substituents is 1. The van der Waals surface area contributed by atoms with E-state index in [0.717, 1.165) is 23.7 Å². The molecular formula is C13H16N4O3. The Morgan fingerprint density at radius 2 is 2.15 bits per heavy atom. The van der Waals surface area contributed by atoms with E-state index in [4.69, 9.17) is 5.84 Å². The third-order valence-corrected chi connectivity index (χ3v) is 3.18. The Morgan fingerprint density at radius 3 is 2.85 bits per heavy atom. The second-order valence-electron chi connectivity index (χ2n) is 4.53. The molecule has 0 bridgehead atoms. The summed E-state index contributed by atoms with van der Waals surface area (Å²) in [6.45, 7) is 0.711. The molecule has 2 rings (SSSR count). The molecule has 0 aliphatic rings. The second kappa shape index (κ2) is 6.16. The van der Waals surface area contributed by atoms with Crippen molar-refractivity contribution in [3.05, 3.63) is 40.6 Å². The molecule has 0 saturated heterocycles. The zero-order valence-electron chi connectivity index (χ0n) is 10.9. The number of nitrogens with one attached hydrogen (secondary N) is 1. The average molecular weight is 276 g/mol. The molecule has 0 spiro atoms. The highest BCUT2D eigenvalue weighted by Crippen LogP contribution is 2.22. The third kappa shape index (κ3) is 3.12. The maximum Gasteiger partial charge on any atom is 0.271 e. The van der Waals surface area contributed by atoms with Gasteiger partial charge in [-0.15, -0.1) is 0 Å². The molecule has 0 atom stereocenters. The van der Waals surface area contributed by atoms with Crippen molar-refractivity contribution >= 4 is 22.5 Å². The van der Waals surface area contributed by atoms with Crippen LogP contribution in [0.4, 0.5) is 5.69 Å². The smallest absolute Gasteiger partial charge is 0.271 e. The summed E-state index contributed by atoms with van der Waals surface area (Å²) in [6, 6.07) is 6.73. The highest BCUT2D eigenvalue weighted by Gasteiger charge is 2.09. The lowest BCUT2D eigenvalue weighted by atomic mass is 10.2. The van der Waals surface area contributed by atoms with E-state index in [1.165, 1.54) is 6.07 Å². The van der Waals surface area contributed by atoms with Gasteiger partial charge in [-0.1, -0.05) is 0 Å². The number of unbranched alkanes of at least 4 members (excludes halogenated alkanes) is 1. The normalized spacial score (nSPS) is 10.7. The minimum atomic E-state index is -0.400. The van der Waals surface area contributed by atoms with E-state index in [9.17, 15) is 14.9 Å². The standard InChI is InChI=1S/C13H16N4O3/c14-15-13(18)3-1-2-7-16-8-6-10-4-5-11(17(19)20)9-12(10)16/h4-6,8-9H,1-3,7,14H2,(H,15,18). The summed E-state index contributed by atoms with van der Waals surface area (Å²) in [6.07, 6.45) is 3.81. The van der Waals surface area contributed by atoms with Gasteiger partial charge in [0.2, 0.25) is 5.91 Å². The van der Waals surface area contributed by atoms with Gasteiger partial charge in [0, 0.05) is 36.7 Å². The predicted molar refractivity (Wildman–Crippen MR) is 74.8 cm³/mol. The molecule has 1 heterocycles. The van der Waals surface area contributed by atoms with E-state index < -0.39 is 4.92 Å². The SMILES string of the molecule is NNC(=O)CCCCn1ccc2ccc([N+](=O)[O-])cc21. The van der Waals surface area contributed by atoms with Gasteiger partial charge >= 0.3 is 0 Å². The zero-order chi connectivity index (χ0) is 14.5. The molecule has 20 heavy (non-hydrogen) atoms. The number of benzene rings is 1. The third-order valence-electron chi connectivity index (χ3n) is 3.18. The highest BCUT2D eigenvalue weighted by molar-refractivity contribution is 5.82. The Morgan fingerprint density at radius 1 is 1.35 bits per heavy atom. The summed E-state index contributed by atoms with van der Waals surface area (Å²) < 4.78 is 1.96. The van der Waals surface area contributed by atoms with E-state index in [2.05, 4.69) is 5.43 Å². The number of nitro benzene ring substituents is 1. The number of carbonyl (C=O) groups is 1. The number of hydrogen-bond acceptors (Lipinski definition) is 4. The first kappa shape index (κ1) is 14.0. The quantitative estimate of drug-likeness (QED) is 0.275. The number of hydrogen-bond donors (Lipinski definition) is 2. The van der Waals surface area contributed by atoms with Crippen molar-refractivity contribution in [2.45, 2.75) is 25.8 Å². The van der Waals surface area contributed by atoms with Gasteiger partial charge in [0.05, 0.1) is 10.4 Å². The number of amides is 1. The van der Waals surface area contributed by atoms with Gasteiger partial charge in [-0.3, -0.25) is 20.3 Å². The van der Waals surface area contributed by atoms with Crippen molar-refractivity contribution in [3.8, 4) is 0 Å². The van der Waals surface area contributed by atoms with E-state index >= 15 is 0 Å². The number of aryl methyl sites for hydroxylation is 1. The fraction of sp³-hybridized carbons (Fsp3) is 0.308. The molecule has 1 aromatic carbocycles. The summed E-state index contributed by atoms with van der Waals surface area (Å²) in [4.78, 5) is 21.4. The lowest BCUT2D eigenvalue weighted by Crippen LogP contribution is -2.29. The van der Waals surface area contributed by atoms with Crippen LogP contribution in [0.5, 0.6) is 0 Å². The van der Waals surface area contributed by atoms with Crippen LogP contribution in [0, 0.1) is 10.1 Å². The van der Waals surface area contributed by atoms with E-state index in [-0.39, 0.29) is 11.6 Å². The van der Waals surface area contributed by atoms with E-state index in [0.29, 0.717) is 13.0 Å². The summed E-state index contributed by atoms with van der Waals surface area (Å²) in [5.41, 5.74) is 3.01. The number of carbonyl (C=O) groups excluding carboxylic acids is 1. The molecule has 1 amide bonds. The molecule has 0 aliphatic carbocycles. The summed E-state index contributed by atoms with van der Waals surface area (Å²) in [5, 5.41) is 11.8. The molecule has 3 N–H and O–H groups in total. The highest BCUT2D eigenvalue weighted by atomic mass is 16.6. The van der Waals surface area contributed by atoms with Gasteiger partial charge in [-0.2, -0.15) is 0 Å². The molecule has 0 aliphatic heterocycles. The minimum Gasteiger partial charge on any atom is -0.347 e. The Balaban J connectivity index is 2.04. The van der Waals surface area contributed by atoms with Crippen molar-refractivity contribution in [1.29, 1.82) is 0 Å². The Labute approximate surface area is 115 Å². The van der Waals surface area contributed by atoms with Crippen LogP contribution in [-0.4, -0.2) is 15.4 Å². The van der Waals surface area contributed by atoms with Gasteiger partial charge in [0.15, 0.2) is 0 Å². The molecule has 0 fully saturated rings. The first-order valence-corrected chi connectivity index (χ1v) is 6.34. The molecule has 0 unspecified atom stereocenters. The van der Waals surface area contributed by atoms with Crippen LogP contribution in [-0.2, 0) is 11.3 Å². The van der Waals surface area contributed by atoms with Crippen molar-refractivity contribution < 1.29 is 9.72 Å². The first-order chi connectivity index (χ1) is 9.61. The zero-order valence-corrected chi connectivity index (χ0v) is 10.9. The number of nitrogens with two attached hydrogens (primary N) is 1. The number of nitrogens with zero attached hydrogens (tertiary/aromatic N) is 2. The molecule has 1 aromatic heterocycles. The monoisotopic (exact) mass is 276 g/mol. The summed E-state index contributed by atoms with van der Waals surface area (Å²) in [7, 11) is 0. The lowest BCUT2D eigenvalue weighted by molar-refractivity contribution is -0.384. The van der Waals surface area contributed by atoms with Crippen molar-refractivity contribution in [2.75, 3.05) is 0 Å². The second-order valence-corrected chi connectivity index (χ2v) is 4.53. The molecule has 7 heteroatoms. The largest absolute Gasteiger partial charge is 0.347 e. The summed E-state index contributed by atoms with van der Waals surface area (Å²) >= 11 is 0. The Kier molecular flexibility index (Phi) is 4.31. The fourth-order valence-electron chi connectivity index (χ4n) is 2.12. The molecular weight excluding hydrogens is 260 g/mol. The van der Waals surface area contributed by atoms with Crippen LogP contribution in [0.1, 0.15) is 19.3 Å². The predicted octanol–water partition coefficient (Wildman–Crippen LogP) is 1.71. The molecule has 7 nitrogen and oxygen atoms in total. The number of hydrazine groups is 1. The van der Waals surface area contributed by atoms with Gasteiger partial charge in [-0.25, -0.2) is 5.84 Å². The van der Waals surface area contributed by atoms with Crippen molar-refractivity contribution in [1.82, 2.24) is 9.99 Å². The van der Waals surface area contributed by atoms with Gasteiger partial charge in [0.1, 0.15) is 0 Å². The molecule has 0 saturated carbocycles. The average Bonchev–Trinajstić information content (AvgIpc) is 2.85. The lowest BCUT2D eigenvalue weighted by Gasteiger charge is -2.05. The van der Waals surface area contributed by atoms with Gasteiger partial charge in [0.25, 0.3) is 5.69 Å². The van der Waals surface area contributed by atoms with E-state index in [1.807, 2.05) is 16.8 Å². The number of fused-ring (bicyclic) bond motifs is 1. The molecule has 2 aromatic rings. The van der Waals surface area contributed by atoms with Crippen LogP contribution < -0.4 is 11.3 Å². The van der Waals surface area contributed by atoms with Crippen LogP contribution in [0.2, 0.25) is 0 Å². The van der Waals surface area contributed by atoms with Crippen LogP contribution in [0.15, 0.2) is 30.5 Å². The molecule has 106 valence electrons. The first-order valence-electron chi connectivity index (χ1n) is 6.34. The van der Waals surface area contributed by atoms with Crippen molar-refractivity contribution in [3.63, 3.8) is 0 Å². The Bertz CT molecular complexity index is 636. The number of aromatic nitrogens is 1. The van der Waals surface area contributed by atoms with Gasteiger partial charge < -0.3 is 4.57 Å². The maximum atomic E-state index is 11.0. The van der Waals surface area contributed by atoms with Gasteiger partial charge in [-0.05, 0) is 25.0 Å². The van der Waals surface area contributed by atoms with Crippen LogP contribution in [0.25, 0.3) is 10.9 Å². The Hall–Kier alpha value is -2.41. The van der Waals surface area contributed by atoms with Crippen molar-refractivity contribution in [2.24, 2.45) is 5.84 Å². The van der Waals surface area contributed by atoms with E-state index in [1.54, 1.807) is 12.1 Å². The number of rotatable bonds is 6. The minimum absolute atomic E-state index is 0.0833. The van der Waals surface area contributed by atoms with Crippen LogP contribution in [0.3, 0.4) is 0 Å². The summed E-state index contributed by atoms with van der Waals surface area (Å²) in [5.74, 6) is 4.82.